The van der Waals surface area contributed by atoms with Crippen LogP contribution in [0.5, 0.6) is 0 Å². The molecular weight excluding hydrogens is 250 g/mol. The van der Waals surface area contributed by atoms with E-state index in [9.17, 15) is 4.79 Å². The monoisotopic (exact) mass is 271 g/mol. The summed E-state index contributed by atoms with van der Waals surface area (Å²) in [6.07, 6.45) is 4.14. The van der Waals surface area contributed by atoms with E-state index in [1.54, 1.807) is 12.1 Å². The van der Waals surface area contributed by atoms with Gasteiger partial charge in [-0.25, -0.2) is 0 Å². The highest BCUT2D eigenvalue weighted by atomic mass is 16.1. The highest BCUT2D eigenvalue weighted by molar-refractivity contribution is 5.76. The Balaban J connectivity index is 1.78. The van der Waals surface area contributed by atoms with E-state index in [2.05, 4.69) is 23.3 Å². The minimum atomic E-state index is 0.105. The number of hydrogen-bond donors (Lipinski definition) is 1. The van der Waals surface area contributed by atoms with Gasteiger partial charge in [-0.15, -0.1) is 0 Å². The van der Waals surface area contributed by atoms with Gasteiger partial charge in [0.15, 0.2) is 0 Å². The molecule has 0 saturated carbocycles. The van der Waals surface area contributed by atoms with Gasteiger partial charge in [0.25, 0.3) is 0 Å². The number of nitriles is 1. The largest absolute Gasteiger partial charge is 0.352 e. The zero-order valence-electron chi connectivity index (χ0n) is 11.9. The Kier molecular flexibility index (Phi) is 5.14. The van der Waals surface area contributed by atoms with Crippen molar-refractivity contribution < 1.29 is 4.79 Å². The van der Waals surface area contributed by atoms with Crippen molar-refractivity contribution in [1.29, 1.82) is 5.26 Å². The van der Waals surface area contributed by atoms with Crippen LogP contribution in [0.3, 0.4) is 0 Å². The maximum atomic E-state index is 12.0. The topological polar surface area (TPSA) is 56.1 Å². The van der Waals surface area contributed by atoms with E-state index in [-0.39, 0.29) is 5.91 Å². The summed E-state index contributed by atoms with van der Waals surface area (Å²) in [7, 11) is 2.09. The molecule has 1 N–H and O–H groups in total. The fourth-order valence-electron chi connectivity index (χ4n) is 2.59. The predicted octanol–water partition coefficient (Wildman–Crippen LogP) is 2.05. The molecule has 0 radical (unpaired) electrons. The number of benzene rings is 1. The van der Waals surface area contributed by atoms with Crippen LogP contribution in [-0.2, 0) is 11.3 Å². The number of hydrogen-bond acceptors (Lipinski definition) is 3. The third-order valence-corrected chi connectivity index (χ3v) is 3.92. The molecule has 1 aromatic carbocycles. The molecular formula is C16H21N3O. The van der Waals surface area contributed by atoms with Crippen molar-refractivity contribution in [3.05, 3.63) is 35.4 Å². The van der Waals surface area contributed by atoms with E-state index in [1.807, 2.05) is 12.1 Å². The van der Waals surface area contributed by atoms with Gasteiger partial charge in [-0.3, -0.25) is 4.79 Å². The molecule has 4 nitrogen and oxygen atoms in total. The molecule has 1 aromatic rings. The Morgan fingerprint density at radius 2 is 2.15 bits per heavy atom. The average molecular weight is 271 g/mol. The van der Waals surface area contributed by atoms with Crippen molar-refractivity contribution in [3.8, 4) is 6.07 Å². The molecule has 0 aromatic heterocycles. The highest BCUT2D eigenvalue weighted by Gasteiger charge is 2.21. The zero-order chi connectivity index (χ0) is 14.4. The van der Waals surface area contributed by atoms with Crippen molar-refractivity contribution in [2.45, 2.75) is 38.3 Å². The summed E-state index contributed by atoms with van der Waals surface area (Å²) in [5.74, 6) is 0.105. The molecule has 1 aliphatic heterocycles. The second-order valence-electron chi connectivity index (χ2n) is 5.42. The summed E-state index contributed by atoms with van der Waals surface area (Å²) in [6, 6.07) is 9.77. The summed E-state index contributed by atoms with van der Waals surface area (Å²) in [6.45, 7) is 1.62. The second kappa shape index (κ2) is 7.06. The van der Waals surface area contributed by atoms with Crippen LogP contribution in [0.25, 0.3) is 0 Å². The van der Waals surface area contributed by atoms with Gasteiger partial charge >= 0.3 is 0 Å². The molecule has 1 amide bonds. The fourth-order valence-corrected chi connectivity index (χ4v) is 2.59. The van der Waals surface area contributed by atoms with E-state index in [1.165, 1.54) is 12.8 Å². The van der Waals surface area contributed by atoms with E-state index in [4.69, 9.17) is 5.26 Å². The van der Waals surface area contributed by atoms with Crippen LogP contribution >= 0.6 is 0 Å². The van der Waals surface area contributed by atoms with Crippen molar-refractivity contribution in [2.75, 3.05) is 13.6 Å². The Hall–Kier alpha value is -1.86. The molecule has 2 rings (SSSR count). The summed E-state index contributed by atoms with van der Waals surface area (Å²) in [4.78, 5) is 14.2. The van der Waals surface area contributed by atoms with Gasteiger partial charge in [-0.05, 0) is 44.1 Å². The lowest BCUT2D eigenvalue weighted by Gasteiger charge is -2.31. The third kappa shape index (κ3) is 4.07. The molecule has 0 bridgehead atoms. The smallest absolute Gasteiger partial charge is 0.221 e. The Bertz CT molecular complexity index is 489. The maximum absolute atomic E-state index is 12.0. The van der Waals surface area contributed by atoms with E-state index in [0.29, 0.717) is 24.6 Å². The van der Waals surface area contributed by atoms with Gasteiger partial charge in [-0.1, -0.05) is 18.6 Å². The Morgan fingerprint density at radius 3 is 2.80 bits per heavy atom. The quantitative estimate of drug-likeness (QED) is 0.912. The van der Waals surface area contributed by atoms with Crippen LogP contribution in [0.4, 0.5) is 0 Å². The van der Waals surface area contributed by atoms with Crippen LogP contribution in [0, 0.1) is 11.3 Å². The van der Waals surface area contributed by atoms with E-state index in [0.717, 1.165) is 18.5 Å². The Labute approximate surface area is 120 Å². The molecule has 4 heteroatoms. The molecule has 106 valence electrons. The van der Waals surface area contributed by atoms with Crippen molar-refractivity contribution in [3.63, 3.8) is 0 Å². The van der Waals surface area contributed by atoms with Gasteiger partial charge in [-0.2, -0.15) is 5.26 Å². The summed E-state index contributed by atoms with van der Waals surface area (Å²) in [5.41, 5.74) is 1.67. The van der Waals surface area contributed by atoms with Crippen LogP contribution in [0.2, 0.25) is 0 Å². The van der Waals surface area contributed by atoms with E-state index >= 15 is 0 Å². The number of amides is 1. The third-order valence-electron chi connectivity index (χ3n) is 3.92. The lowest BCUT2D eigenvalue weighted by molar-refractivity contribution is -0.122. The first kappa shape index (κ1) is 14.5. The van der Waals surface area contributed by atoms with Crippen molar-refractivity contribution >= 4 is 5.91 Å². The molecule has 0 spiro atoms. The van der Waals surface area contributed by atoms with E-state index < -0.39 is 0 Å². The number of likely N-dealkylation sites (tertiary alicyclic amines) is 1. The maximum Gasteiger partial charge on any atom is 0.221 e. The number of nitrogens with one attached hydrogen (secondary N) is 1. The fraction of sp³-hybridized carbons (Fsp3) is 0.500. The number of rotatable bonds is 4. The standard InChI is InChI=1S/C16H21N3O/c1-19-9-3-2-4-15(19)10-16(20)18-12-14-7-5-13(11-17)6-8-14/h5-8,15H,2-4,9-10,12H2,1H3,(H,18,20)/t15-/m0/s1. The molecule has 1 atom stereocenters. The first-order valence-corrected chi connectivity index (χ1v) is 7.15. The minimum absolute atomic E-state index is 0.105. The predicted molar refractivity (Wildman–Crippen MR) is 77.9 cm³/mol. The minimum Gasteiger partial charge on any atom is -0.352 e. The molecule has 0 aliphatic carbocycles. The van der Waals surface area contributed by atoms with Gasteiger partial charge in [0.05, 0.1) is 11.6 Å². The number of carbonyl (C=O) groups excluding carboxylic acids is 1. The normalized spacial score (nSPS) is 19.3. The first-order chi connectivity index (χ1) is 9.69. The highest BCUT2D eigenvalue weighted by Crippen LogP contribution is 2.17. The first-order valence-electron chi connectivity index (χ1n) is 7.15. The average Bonchev–Trinajstić information content (AvgIpc) is 2.48. The molecule has 0 unspecified atom stereocenters. The SMILES string of the molecule is CN1CCCC[C@H]1CC(=O)NCc1ccc(C#N)cc1. The summed E-state index contributed by atoms with van der Waals surface area (Å²) >= 11 is 0. The van der Waals surface area contributed by atoms with Gasteiger partial charge in [0.2, 0.25) is 5.91 Å². The van der Waals surface area contributed by atoms with Gasteiger partial charge in [0.1, 0.15) is 0 Å². The number of carbonyl (C=O) groups is 1. The molecule has 1 aliphatic rings. The van der Waals surface area contributed by atoms with Crippen LogP contribution in [0.15, 0.2) is 24.3 Å². The second-order valence-corrected chi connectivity index (χ2v) is 5.42. The zero-order valence-corrected chi connectivity index (χ0v) is 11.9. The molecule has 1 saturated heterocycles. The van der Waals surface area contributed by atoms with Crippen LogP contribution in [0.1, 0.15) is 36.8 Å². The molecule has 1 fully saturated rings. The Morgan fingerprint density at radius 1 is 1.40 bits per heavy atom. The lowest BCUT2D eigenvalue weighted by Crippen LogP contribution is -2.40. The van der Waals surface area contributed by atoms with Crippen LogP contribution in [-0.4, -0.2) is 30.4 Å². The van der Waals surface area contributed by atoms with Crippen LogP contribution < -0.4 is 5.32 Å². The lowest BCUT2D eigenvalue weighted by atomic mass is 10.00. The number of piperidine rings is 1. The summed E-state index contributed by atoms with van der Waals surface area (Å²) in [5, 5.41) is 11.7. The summed E-state index contributed by atoms with van der Waals surface area (Å²) < 4.78 is 0. The molecule has 1 heterocycles. The van der Waals surface area contributed by atoms with Crippen molar-refractivity contribution in [2.24, 2.45) is 0 Å². The van der Waals surface area contributed by atoms with Crippen molar-refractivity contribution in [1.82, 2.24) is 10.2 Å². The number of nitrogens with zero attached hydrogens (tertiary/aromatic N) is 2. The van der Waals surface area contributed by atoms with Gasteiger partial charge in [0, 0.05) is 19.0 Å². The van der Waals surface area contributed by atoms with Gasteiger partial charge < -0.3 is 10.2 Å². The molecule has 20 heavy (non-hydrogen) atoms.